The molecule has 0 amide bonds. The zero-order valence-corrected chi connectivity index (χ0v) is 16.6. The normalized spacial score (nSPS) is 33.8. The van der Waals surface area contributed by atoms with Gasteiger partial charge in [-0.2, -0.15) is 0 Å². The lowest BCUT2D eigenvalue weighted by molar-refractivity contribution is 0.161. The Labute approximate surface area is 161 Å². The van der Waals surface area contributed by atoms with E-state index in [-0.39, 0.29) is 35.1 Å². The number of fused-ring (bicyclic) bond motifs is 2. The molecule has 1 aromatic rings. The Bertz CT molecular complexity index is 848. The summed E-state index contributed by atoms with van der Waals surface area (Å²) in [7, 11) is 1.61. The van der Waals surface area contributed by atoms with Gasteiger partial charge in [-0.1, -0.05) is 50.6 Å². The third-order valence-electron chi connectivity index (χ3n) is 7.72. The highest BCUT2D eigenvalue weighted by Gasteiger charge is 2.58. The Morgan fingerprint density at radius 3 is 2.56 bits per heavy atom. The van der Waals surface area contributed by atoms with E-state index in [1.54, 1.807) is 13.2 Å². The number of ether oxygens (including phenoxy) is 1. The molecule has 1 N–H and O–H groups in total. The van der Waals surface area contributed by atoms with Crippen molar-refractivity contribution >= 4 is 0 Å². The highest BCUT2D eigenvalue weighted by molar-refractivity contribution is 5.46. The molecule has 0 aliphatic heterocycles. The molecule has 2 unspecified atom stereocenters. The standard InChI is InChI=1S/C24H29FO2/c1-23(2)16-9-10-24(23,3)21(12-16)19-11-15(14-26)5-7-18(19)20-13-17(27-4)6-8-22(20)25/h5-8,11-13,16,18-19,26H,9-10,14H2,1-4H3/t16-,18?,19?,24+/m1/s1. The SMILES string of the molecule is COc1ccc(F)c(C2C=CC(CO)=CC2C2=C[C@H]3CC[C@]2(C)C3(C)C)c1. The van der Waals surface area contributed by atoms with Crippen molar-refractivity contribution in [1.29, 1.82) is 0 Å². The Balaban J connectivity index is 1.81. The lowest BCUT2D eigenvalue weighted by Crippen LogP contribution is -2.34. The topological polar surface area (TPSA) is 29.5 Å². The van der Waals surface area contributed by atoms with Gasteiger partial charge in [0.25, 0.3) is 0 Å². The number of benzene rings is 1. The summed E-state index contributed by atoms with van der Waals surface area (Å²) in [4.78, 5) is 0. The molecule has 0 spiro atoms. The molecular formula is C24H29FO2. The van der Waals surface area contributed by atoms with Gasteiger partial charge in [-0.3, -0.25) is 0 Å². The van der Waals surface area contributed by atoms with E-state index in [9.17, 15) is 9.50 Å². The first-order valence-corrected chi connectivity index (χ1v) is 9.87. The van der Waals surface area contributed by atoms with Gasteiger partial charge < -0.3 is 9.84 Å². The minimum Gasteiger partial charge on any atom is -0.497 e. The van der Waals surface area contributed by atoms with Gasteiger partial charge in [0.2, 0.25) is 0 Å². The van der Waals surface area contributed by atoms with Crippen LogP contribution in [0.4, 0.5) is 4.39 Å². The van der Waals surface area contributed by atoms with Gasteiger partial charge in [-0.15, -0.1) is 0 Å². The maximum absolute atomic E-state index is 14.8. The van der Waals surface area contributed by atoms with Gasteiger partial charge in [0.1, 0.15) is 11.6 Å². The van der Waals surface area contributed by atoms with E-state index in [1.807, 2.05) is 12.1 Å². The average molecular weight is 368 g/mol. The van der Waals surface area contributed by atoms with Gasteiger partial charge in [-0.25, -0.2) is 4.39 Å². The summed E-state index contributed by atoms with van der Waals surface area (Å²) in [5, 5.41) is 9.71. The molecule has 2 nitrogen and oxygen atoms in total. The Hall–Kier alpha value is -1.87. The maximum Gasteiger partial charge on any atom is 0.127 e. The van der Waals surface area contributed by atoms with Crippen LogP contribution in [-0.4, -0.2) is 18.8 Å². The van der Waals surface area contributed by atoms with E-state index in [1.165, 1.54) is 24.5 Å². The summed E-state index contributed by atoms with van der Waals surface area (Å²) in [6, 6.07) is 4.97. The van der Waals surface area contributed by atoms with E-state index in [2.05, 4.69) is 39.0 Å². The van der Waals surface area contributed by atoms with E-state index in [4.69, 9.17) is 4.74 Å². The lowest BCUT2D eigenvalue weighted by Gasteiger charge is -2.42. The number of aliphatic hydroxyl groups excluding tert-OH is 1. The molecule has 1 saturated carbocycles. The molecule has 4 atom stereocenters. The number of hydrogen-bond donors (Lipinski definition) is 1. The monoisotopic (exact) mass is 368 g/mol. The molecule has 3 aliphatic rings. The summed E-state index contributed by atoms with van der Waals surface area (Å²) in [5.74, 6) is 1.01. The Morgan fingerprint density at radius 1 is 1.19 bits per heavy atom. The second-order valence-electron chi connectivity index (χ2n) is 9.02. The van der Waals surface area contributed by atoms with Crippen LogP contribution in [0.5, 0.6) is 5.75 Å². The predicted molar refractivity (Wildman–Crippen MR) is 106 cm³/mol. The van der Waals surface area contributed by atoms with Gasteiger partial charge in [-0.05, 0) is 58.9 Å². The highest BCUT2D eigenvalue weighted by Crippen LogP contribution is 2.67. The fourth-order valence-electron chi connectivity index (χ4n) is 5.55. The molecule has 27 heavy (non-hydrogen) atoms. The molecule has 0 saturated heterocycles. The van der Waals surface area contributed by atoms with Crippen molar-refractivity contribution in [3.63, 3.8) is 0 Å². The van der Waals surface area contributed by atoms with Crippen LogP contribution in [0.1, 0.15) is 45.1 Å². The van der Waals surface area contributed by atoms with Crippen molar-refractivity contribution in [2.45, 2.75) is 39.5 Å². The number of methoxy groups -OCH3 is 1. The molecule has 0 heterocycles. The van der Waals surface area contributed by atoms with Crippen LogP contribution in [0.3, 0.4) is 0 Å². The third-order valence-corrected chi connectivity index (χ3v) is 7.72. The van der Waals surface area contributed by atoms with Crippen molar-refractivity contribution in [3.05, 3.63) is 65.0 Å². The number of rotatable bonds is 4. The number of hydrogen-bond acceptors (Lipinski definition) is 2. The lowest BCUT2D eigenvalue weighted by atomic mass is 9.62. The zero-order valence-electron chi connectivity index (χ0n) is 16.6. The first kappa shape index (κ1) is 18.5. The zero-order chi connectivity index (χ0) is 19.4. The van der Waals surface area contributed by atoms with E-state index in [0.717, 1.165) is 5.57 Å². The molecule has 0 aromatic heterocycles. The largest absolute Gasteiger partial charge is 0.497 e. The van der Waals surface area contributed by atoms with Crippen LogP contribution in [0.25, 0.3) is 0 Å². The van der Waals surface area contributed by atoms with Crippen LogP contribution in [-0.2, 0) is 0 Å². The van der Waals surface area contributed by atoms with Crippen LogP contribution in [0.15, 0.2) is 53.6 Å². The van der Waals surface area contributed by atoms with Crippen LogP contribution in [0, 0.1) is 28.5 Å². The minimum atomic E-state index is -0.204. The molecule has 3 aliphatic carbocycles. The predicted octanol–water partition coefficient (Wildman–Crippen LogP) is 5.41. The smallest absolute Gasteiger partial charge is 0.127 e. The third kappa shape index (κ3) is 2.62. The van der Waals surface area contributed by atoms with Gasteiger partial charge in [0, 0.05) is 11.8 Å². The van der Waals surface area contributed by atoms with Gasteiger partial charge >= 0.3 is 0 Å². The first-order chi connectivity index (χ1) is 12.8. The summed E-state index contributed by atoms with van der Waals surface area (Å²) >= 11 is 0. The maximum atomic E-state index is 14.8. The fraction of sp³-hybridized carbons (Fsp3) is 0.500. The van der Waals surface area contributed by atoms with Crippen molar-refractivity contribution in [2.24, 2.45) is 22.7 Å². The molecule has 1 fully saturated rings. The highest BCUT2D eigenvalue weighted by atomic mass is 19.1. The molecule has 1 aromatic carbocycles. The summed E-state index contributed by atoms with van der Waals surface area (Å²) in [6.45, 7) is 7.11. The van der Waals surface area contributed by atoms with E-state index >= 15 is 0 Å². The van der Waals surface area contributed by atoms with Crippen molar-refractivity contribution in [1.82, 2.24) is 0 Å². The van der Waals surface area contributed by atoms with Crippen molar-refractivity contribution in [2.75, 3.05) is 13.7 Å². The number of aliphatic hydroxyl groups is 1. The summed E-state index contributed by atoms with van der Waals surface area (Å²) in [5.41, 5.74) is 3.30. The fourth-order valence-corrected chi connectivity index (χ4v) is 5.55. The molecule has 0 radical (unpaired) electrons. The first-order valence-electron chi connectivity index (χ1n) is 9.87. The van der Waals surface area contributed by atoms with Crippen LogP contribution < -0.4 is 4.74 Å². The van der Waals surface area contributed by atoms with Gasteiger partial charge in [0.05, 0.1) is 13.7 Å². The summed E-state index contributed by atoms with van der Waals surface area (Å²) in [6.07, 6.45) is 11.0. The summed E-state index contributed by atoms with van der Waals surface area (Å²) < 4.78 is 20.1. The van der Waals surface area contributed by atoms with Gasteiger partial charge in [0.15, 0.2) is 0 Å². The number of allylic oxidation sites excluding steroid dienone is 4. The van der Waals surface area contributed by atoms with Crippen molar-refractivity contribution < 1.29 is 14.2 Å². The van der Waals surface area contributed by atoms with E-state index in [0.29, 0.717) is 17.2 Å². The molecule has 144 valence electrons. The number of halogens is 1. The molecular weight excluding hydrogens is 339 g/mol. The van der Waals surface area contributed by atoms with Crippen LogP contribution in [0.2, 0.25) is 0 Å². The average Bonchev–Trinajstić information content (AvgIpc) is 3.01. The Morgan fingerprint density at radius 2 is 1.96 bits per heavy atom. The Kier molecular flexibility index (Phi) is 4.34. The molecule has 4 rings (SSSR count). The van der Waals surface area contributed by atoms with Crippen LogP contribution >= 0.6 is 0 Å². The molecule has 2 bridgehead atoms. The minimum absolute atomic E-state index is 0.0110. The quantitative estimate of drug-likeness (QED) is 0.721. The molecule has 3 heteroatoms. The second-order valence-corrected chi connectivity index (χ2v) is 9.02. The second kappa shape index (κ2) is 6.34. The van der Waals surface area contributed by atoms with Crippen molar-refractivity contribution in [3.8, 4) is 5.75 Å². The van der Waals surface area contributed by atoms with E-state index < -0.39 is 0 Å².